The minimum absolute atomic E-state index is 0.333. The fourth-order valence-electron chi connectivity index (χ4n) is 3.64. The molecule has 5 nitrogen and oxygen atoms in total. The molecule has 30 heavy (non-hydrogen) atoms. The molecule has 0 unspecified atom stereocenters. The van der Waals surface area contributed by atoms with Crippen molar-refractivity contribution in [3.63, 3.8) is 0 Å². The van der Waals surface area contributed by atoms with Crippen LogP contribution < -0.4 is 10.1 Å². The Labute approximate surface area is 174 Å². The third kappa shape index (κ3) is 3.46. The van der Waals surface area contributed by atoms with Crippen LogP contribution in [0.5, 0.6) is 5.75 Å². The molecule has 0 saturated carbocycles. The maximum atomic E-state index is 13.3. The second kappa shape index (κ2) is 7.87. The first kappa shape index (κ1) is 19.5. The summed E-state index contributed by atoms with van der Waals surface area (Å²) in [5.41, 5.74) is 5.19. The Kier molecular flexibility index (Phi) is 5.11. The summed E-state index contributed by atoms with van der Waals surface area (Å²) in [5, 5.41) is 2.81. The Morgan fingerprint density at radius 1 is 0.900 bits per heavy atom. The number of carbonyl (C=O) groups is 2. The second-order valence-electron chi connectivity index (χ2n) is 7.18. The lowest BCUT2D eigenvalue weighted by Crippen LogP contribution is -2.25. The molecule has 4 rings (SSSR count). The average Bonchev–Trinajstić information content (AvgIpc) is 3.15. The first-order valence-corrected chi connectivity index (χ1v) is 9.66. The van der Waals surface area contributed by atoms with Gasteiger partial charge in [-0.2, -0.15) is 0 Å². The molecule has 2 aromatic heterocycles. The molecule has 0 radical (unpaired) electrons. The SMILES string of the molecule is COc1ccc(-c2cc3ccccn3c2C(=O)C(=O)Nc2c(C)cccc2C)cc1. The van der Waals surface area contributed by atoms with Crippen molar-refractivity contribution < 1.29 is 14.3 Å². The highest BCUT2D eigenvalue weighted by molar-refractivity contribution is 6.47. The fraction of sp³-hybridized carbons (Fsp3) is 0.120. The number of hydrogen-bond acceptors (Lipinski definition) is 3. The molecular formula is C25H22N2O3. The molecule has 1 amide bonds. The minimum atomic E-state index is -0.661. The number of benzene rings is 2. The summed E-state index contributed by atoms with van der Waals surface area (Å²) in [5.74, 6) is -0.524. The molecule has 5 heteroatoms. The third-order valence-electron chi connectivity index (χ3n) is 5.22. The molecule has 0 saturated heterocycles. The molecule has 1 N–H and O–H groups in total. The van der Waals surface area contributed by atoms with Gasteiger partial charge in [-0.1, -0.05) is 36.4 Å². The third-order valence-corrected chi connectivity index (χ3v) is 5.22. The number of amides is 1. The molecule has 150 valence electrons. The van der Waals surface area contributed by atoms with Crippen molar-refractivity contribution in [3.8, 4) is 16.9 Å². The van der Waals surface area contributed by atoms with Gasteiger partial charge in [-0.3, -0.25) is 9.59 Å². The van der Waals surface area contributed by atoms with Gasteiger partial charge in [0, 0.05) is 23.0 Å². The second-order valence-corrected chi connectivity index (χ2v) is 7.18. The molecule has 0 aliphatic carbocycles. The number of para-hydroxylation sites is 1. The van der Waals surface area contributed by atoms with Crippen molar-refractivity contribution in [1.82, 2.24) is 4.40 Å². The average molecular weight is 398 g/mol. The highest BCUT2D eigenvalue weighted by Crippen LogP contribution is 2.30. The monoisotopic (exact) mass is 398 g/mol. The number of ether oxygens (including phenoxy) is 1. The molecule has 0 aliphatic rings. The number of aromatic nitrogens is 1. The number of carbonyl (C=O) groups excluding carboxylic acids is 2. The Morgan fingerprint density at radius 2 is 1.60 bits per heavy atom. The summed E-state index contributed by atoms with van der Waals surface area (Å²) >= 11 is 0. The largest absolute Gasteiger partial charge is 0.497 e. The molecular weight excluding hydrogens is 376 g/mol. The molecule has 2 aromatic carbocycles. The van der Waals surface area contributed by atoms with E-state index in [0.29, 0.717) is 16.9 Å². The molecule has 0 spiro atoms. The summed E-state index contributed by atoms with van der Waals surface area (Å²) in [4.78, 5) is 26.3. The zero-order chi connectivity index (χ0) is 21.3. The van der Waals surface area contributed by atoms with Crippen LogP contribution in [0.25, 0.3) is 16.6 Å². The summed E-state index contributed by atoms with van der Waals surface area (Å²) in [7, 11) is 1.61. The molecule has 4 aromatic rings. The van der Waals surface area contributed by atoms with Crippen molar-refractivity contribution in [1.29, 1.82) is 0 Å². The summed E-state index contributed by atoms with van der Waals surface area (Å²) in [6, 6.07) is 20.7. The minimum Gasteiger partial charge on any atom is -0.497 e. The molecule has 0 fully saturated rings. The summed E-state index contributed by atoms with van der Waals surface area (Å²) < 4.78 is 6.99. The topological polar surface area (TPSA) is 59.8 Å². The molecule has 0 atom stereocenters. The number of pyridine rings is 1. The number of nitrogens with zero attached hydrogens (tertiary/aromatic N) is 1. The van der Waals surface area contributed by atoms with Crippen molar-refractivity contribution in [2.75, 3.05) is 12.4 Å². The van der Waals surface area contributed by atoms with Crippen LogP contribution in [-0.4, -0.2) is 23.2 Å². The van der Waals surface area contributed by atoms with Crippen LogP contribution in [0.1, 0.15) is 21.6 Å². The van der Waals surface area contributed by atoms with Crippen molar-refractivity contribution >= 4 is 22.9 Å². The number of methoxy groups -OCH3 is 1. The standard InChI is InChI=1S/C25H22N2O3/c1-16-7-6-8-17(2)22(16)26-25(29)24(28)23-21(15-19-9-4-5-14-27(19)23)18-10-12-20(30-3)13-11-18/h4-15H,1-3H3,(H,26,29). The van der Waals surface area contributed by atoms with Gasteiger partial charge in [0.05, 0.1) is 7.11 Å². The number of fused-ring (bicyclic) bond motifs is 1. The van der Waals surface area contributed by atoms with E-state index in [1.165, 1.54) is 0 Å². The van der Waals surface area contributed by atoms with Crippen LogP contribution in [0.15, 0.2) is 72.9 Å². The van der Waals surface area contributed by atoms with Gasteiger partial charge in [0.1, 0.15) is 11.4 Å². The van der Waals surface area contributed by atoms with Crippen LogP contribution in [0.2, 0.25) is 0 Å². The zero-order valence-electron chi connectivity index (χ0n) is 17.1. The molecule has 2 heterocycles. The zero-order valence-corrected chi connectivity index (χ0v) is 17.1. The molecule has 0 bridgehead atoms. The van der Waals surface area contributed by atoms with E-state index in [-0.39, 0.29) is 0 Å². The number of hydrogen-bond donors (Lipinski definition) is 1. The lowest BCUT2D eigenvalue weighted by atomic mass is 10.0. The van der Waals surface area contributed by atoms with Gasteiger partial charge in [-0.05, 0) is 60.9 Å². The quantitative estimate of drug-likeness (QED) is 0.378. The lowest BCUT2D eigenvalue weighted by molar-refractivity contribution is -0.112. The lowest BCUT2D eigenvalue weighted by Gasteiger charge is -2.12. The van der Waals surface area contributed by atoms with E-state index in [4.69, 9.17) is 4.74 Å². The van der Waals surface area contributed by atoms with Crippen molar-refractivity contribution in [2.45, 2.75) is 13.8 Å². The predicted molar refractivity (Wildman–Crippen MR) is 118 cm³/mol. The van der Waals surface area contributed by atoms with Gasteiger partial charge >= 0.3 is 0 Å². The first-order chi connectivity index (χ1) is 14.5. The highest BCUT2D eigenvalue weighted by atomic mass is 16.5. The van der Waals surface area contributed by atoms with Crippen LogP contribution >= 0.6 is 0 Å². The number of nitrogens with one attached hydrogen (secondary N) is 1. The van der Waals surface area contributed by atoms with E-state index < -0.39 is 11.7 Å². The molecule has 0 aliphatic heterocycles. The number of Topliss-reactive ketones (excluding diaryl/α,β-unsaturated/α-hetero) is 1. The van der Waals surface area contributed by atoms with Crippen LogP contribution in [0.4, 0.5) is 5.69 Å². The van der Waals surface area contributed by atoms with Crippen LogP contribution in [0.3, 0.4) is 0 Å². The van der Waals surface area contributed by atoms with E-state index in [2.05, 4.69) is 5.32 Å². The van der Waals surface area contributed by atoms with Gasteiger partial charge in [0.15, 0.2) is 0 Å². The van der Waals surface area contributed by atoms with E-state index in [9.17, 15) is 9.59 Å². The van der Waals surface area contributed by atoms with E-state index >= 15 is 0 Å². The van der Waals surface area contributed by atoms with Crippen molar-refractivity contribution in [2.24, 2.45) is 0 Å². The summed E-state index contributed by atoms with van der Waals surface area (Å²) in [6.45, 7) is 3.81. The van der Waals surface area contributed by atoms with E-state index in [0.717, 1.165) is 28.0 Å². The van der Waals surface area contributed by atoms with Gasteiger partial charge in [-0.15, -0.1) is 0 Å². The number of ketones is 1. The Balaban J connectivity index is 1.78. The van der Waals surface area contributed by atoms with Gasteiger partial charge < -0.3 is 14.5 Å². The Bertz CT molecular complexity index is 1230. The van der Waals surface area contributed by atoms with Crippen molar-refractivity contribution in [3.05, 3.63) is 89.7 Å². The maximum absolute atomic E-state index is 13.3. The number of aryl methyl sites for hydroxylation is 2. The van der Waals surface area contributed by atoms with Gasteiger partial charge in [-0.25, -0.2) is 0 Å². The Hall–Kier alpha value is -3.86. The fourth-order valence-corrected chi connectivity index (χ4v) is 3.64. The maximum Gasteiger partial charge on any atom is 0.298 e. The van der Waals surface area contributed by atoms with Gasteiger partial charge in [0.2, 0.25) is 0 Å². The normalized spacial score (nSPS) is 10.8. The highest BCUT2D eigenvalue weighted by Gasteiger charge is 2.25. The Morgan fingerprint density at radius 3 is 2.27 bits per heavy atom. The van der Waals surface area contributed by atoms with E-state index in [1.807, 2.05) is 80.6 Å². The van der Waals surface area contributed by atoms with Crippen LogP contribution in [-0.2, 0) is 4.79 Å². The number of anilines is 1. The van der Waals surface area contributed by atoms with E-state index in [1.54, 1.807) is 17.7 Å². The summed E-state index contributed by atoms with van der Waals surface area (Å²) in [6.07, 6.45) is 1.79. The van der Waals surface area contributed by atoms with Crippen LogP contribution in [0, 0.1) is 13.8 Å². The smallest absolute Gasteiger partial charge is 0.298 e. The van der Waals surface area contributed by atoms with Gasteiger partial charge in [0.25, 0.3) is 11.7 Å². The first-order valence-electron chi connectivity index (χ1n) is 9.66. The number of rotatable bonds is 5. The predicted octanol–water partition coefficient (Wildman–Crippen LogP) is 5.05.